The van der Waals surface area contributed by atoms with E-state index in [1.165, 1.54) is 0 Å². The van der Waals surface area contributed by atoms with Crippen LogP contribution in [0.2, 0.25) is 5.02 Å². The molecule has 1 aliphatic rings. The van der Waals surface area contributed by atoms with Crippen LogP contribution in [0.25, 0.3) is 11.0 Å². The van der Waals surface area contributed by atoms with E-state index in [9.17, 15) is 9.59 Å². The van der Waals surface area contributed by atoms with E-state index < -0.39 is 11.9 Å². The predicted octanol–water partition coefficient (Wildman–Crippen LogP) is 7.94. The van der Waals surface area contributed by atoms with Crippen LogP contribution < -0.4 is 19.8 Å². The third kappa shape index (κ3) is 4.76. The highest BCUT2D eigenvalue weighted by molar-refractivity contribution is 9.10. The number of halogens is 2. The maximum atomic E-state index is 13.9. The largest absolute Gasteiger partial charge is 0.490 e. The van der Waals surface area contributed by atoms with Crippen molar-refractivity contribution in [2.24, 2.45) is 0 Å². The van der Waals surface area contributed by atoms with Crippen LogP contribution in [0.5, 0.6) is 11.5 Å². The molecule has 40 heavy (non-hydrogen) atoms. The number of carbonyl (C=O) groups is 1. The fourth-order valence-electron chi connectivity index (χ4n) is 4.97. The fourth-order valence-corrected chi connectivity index (χ4v) is 5.53. The first kappa shape index (κ1) is 26.2. The second-order valence-corrected chi connectivity index (χ2v) is 10.6. The first-order valence-corrected chi connectivity index (χ1v) is 13.9. The van der Waals surface area contributed by atoms with E-state index in [2.05, 4.69) is 15.9 Å². The molecule has 1 aliphatic heterocycles. The molecule has 2 heterocycles. The van der Waals surface area contributed by atoms with E-state index in [-0.39, 0.29) is 16.8 Å². The number of carbonyl (C=O) groups excluding carboxylic acids is 1. The van der Waals surface area contributed by atoms with Gasteiger partial charge in [0.15, 0.2) is 16.9 Å². The SMILES string of the molecule is CCOc1cc(C2c3c(oc4ccc(Cl)cc4c3=O)C(=O)N2c2cccc(Br)c2)ccc1OCc1ccccc1. The van der Waals surface area contributed by atoms with Gasteiger partial charge in [-0.1, -0.05) is 70.0 Å². The van der Waals surface area contributed by atoms with Crippen LogP contribution in [0.15, 0.2) is 105 Å². The molecule has 0 bridgehead atoms. The van der Waals surface area contributed by atoms with Crippen molar-refractivity contribution in [3.8, 4) is 11.5 Å². The van der Waals surface area contributed by atoms with Gasteiger partial charge in [0.05, 0.1) is 23.6 Å². The molecule has 1 aromatic heterocycles. The lowest BCUT2D eigenvalue weighted by atomic mass is 9.97. The molecule has 6 nitrogen and oxygen atoms in total. The molecule has 0 spiro atoms. The number of ether oxygens (including phenoxy) is 2. The maximum Gasteiger partial charge on any atom is 0.295 e. The molecule has 5 aromatic rings. The summed E-state index contributed by atoms with van der Waals surface area (Å²) < 4.78 is 18.9. The number of amides is 1. The molecule has 0 saturated heterocycles. The van der Waals surface area contributed by atoms with Gasteiger partial charge in [-0.05, 0) is 66.6 Å². The monoisotopic (exact) mass is 615 g/mol. The molecule has 0 aliphatic carbocycles. The van der Waals surface area contributed by atoms with Crippen LogP contribution in [0, 0.1) is 0 Å². The van der Waals surface area contributed by atoms with Gasteiger partial charge in [-0.25, -0.2) is 0 Å². The molecule has 4 aromatic carbocycles. The summed E-state index contributed by atoms with van der Waals surface area (Å²) in [6.45, 7) is 2.66. The zero-order chi connectivity index (χ0) is 27.8. The number of benzene rings is 4. The highest BCUT2D eigenvalue weighted by Gasteiger charge is 2.44. The third-order valence-electron chi connectivity index (χ3n) is 6.74. The molecule has 0 N–H and O–H groups in total. The van der Waals surface area contributed by atoms with E-state index in [0.717, 1.165) is 10.0 Å². The van der Waals surface area contributed by atoms with E-state index in [0.29, 0.717) is 52.0 Å². The van der Waals surface area contributed by atoms with Crippen LogP contribution in [-0.2, 0) is 6.61 Å². The van der Waals surface area contributed by atoms with E-state index >= 15 is 0 Å². The molecular weight excluding hydrogens is 594 g/mol. The number of nitrogens with zero attached hydrogens (tertiary/aromatic N) is 1. The van der Waals surface area contributed by atoms with Crippen molar-refractivity contribution in [1.82, 2.24) is 0 Å². The van der Waals surface area contributed by atoms with Gasteiger partial charge in [0, 0.05) is 15.2 Å². The highest BCUT2D eigenvalue weighted by Crippen LogP contribution is 2.44. The van der Waals surface area contributed by atoms with Crippen molar-refractivity contribution in [2.45, 2.75) is 19.6 Å². The van der Waals surface area contributed by atoms with Gasteiger partial charge in [0.1, 0.15) is 12.2 Å². The molecule has 0 fully saturated rings. The van der Waals surface area contributed by atoms with Crippen molar-refractivity contribution in [3.63, 3.8) is 0 Å². The van der Waals surface area contributed by atoms with Gasteiger partial charge in [-0.3, -0.25) is 14.5 Å². The summed E-state index contributed by atoms with van der Waals surface area (Å²) in [5, 5.41) is 0.719. The summed E-state index contributed by atoms with van der Waals surface area (Å²) in [5.74, 6) is 0.672. The van der Waals surface area contributed by atoms with Crippen molar-refractivity contribution in [3.05, 3.63) is 133 Å². The molecule has 1 unspecified atom stereocenters. The van der Waals surface area contributed by atoms with E-state index in [4.69, 9.17) is 25.5 Å². The summed E-state index contributed by atoms with van der Waals surface area (Å²) >= 11 is 9.72. The van der Waals surface area contributed by atoms with Gasteiger partial charge in [0.25, 0.3) is 5.91 Å². The third-order valence-corrected chi connectivity index (χ3v) is 7.47. The maximum absolute atomic E-state index is 13.9. The number of rotatable bonds is 7. The number of hydrogen-bond acceptors (Lipinski definition) is 5. The Kier molecular flexibility index (Phi) is 7.09. The Labute approximate surface area is 243 Å². The van der Waals surface area contributed by atoms with E-state index in [1.807, 2.05) is 79.7 Å². The minimum absolute atomic E-state index is 0.00663. The van der Waals surface area contributed by atoms with Crippen LogP contribution in [0.1, 0.15) is 40.2 Å². The average Bonchev–Trinajstić information content (AvgIpc) is 3.25. The Morgan fingerprint density at radius 1 is 0.900 bits per heavy atom. The topological polar surface area (TPSA) is 69.0 Å². The van der Waals surface area contributed by atoms with Crippen molar-refractivity contribution < 1.29 is 18.7 Å². The van der Waals surface area contributed by atoms with Crippen molar-refractivity contribution in [1.29, 1.82) is 0 Å². The smallest absolute Gasteiger partial charge is 0.295 e. The number of hydrogen-bond donors (Lipinski definition) is 0. The zero-order valence-corrected chi connectivity index (χ0v) is 23.7. The summed E-state index contributed by atoms with van der Waals surface area (Å²) in [4.78, 5) is 29.4. The van der Waals surface area contributed by atoms with Crippen LogP contribution in [-0.4, -0.2) is 12.5 Å². The number of anilines is 1. The lowest BCUT2D eigenvalue weighted by molar-refractivity contribution is 0.0971. The standard InChI is InChI=1S/C32H23BrClNO5/c1-2-38-27-15-20(11-13-26(27)39-18-19-7-4-3-5-8-19)29-28-30(36)24-17-22(34)12-14-25(24)40-31(28)32(37)35(29)23-10-6-9-21(33)16-23/h3-17,29H,2,18H2,1H3. The second kappa shape index (κ2) is 10.8. The molecule has 6 rings (SSSR count). The number of fused-ring (bicyclic) bond motifs is 2. The highest BCUT2D eigenvalue weighted by atomic mass is 79.9. The predicted molar refractivity (Wildman–Crippen MR) is 159 cm³/mol. The quantitative estimate of drug-likeness (QED) is 0.186. The Bertz CT molecular complexity index is 1800. The van der Waals surface area contributed by atoms with Gasteiger partial charge >= 0.3 is 0 Å². The first-order chi connectivity index (χ1) is 19.4. The Hall–Kier alpha value is -4.07. The second-order valence-electron chi connectivity index (χ2n) is 9.29. The summed E-state index contributed by atoms with van der Waals surface area (Å²) in [6, 6.07) is 26.7. The van der Waals surface area contributed by atoms with Gasteiger partial charge in [0.2, 0.25) is 5.76 Å². The lowest BCUT2D eigenvalue weighted by Gasteiger charge is -2.26. The first-order valence-electron chi connectivity index (χ1n) is 12.7. The normalized spacial score (nSPS) is 14.4. The molecular formula is C32H23BrClNO5. The van der Waals surface area contributed by atoms with E-state index in [1.54, 1.807) is 23.1 Å². The molecule has 1 atom stereocenters. The van der Waals surface area contributed by atoms with Crippen molar-refractivity contribution in [2.75, 3.05) is 11.5 Å². The molecule has 1 amide bonds. The van der Waals surface area contributed by atoms with Crippen LogP contribution in [0.4, 0.5) is 5.69 Å². The minimum Gasteiger partial charge on any atom is -0.490 e. The molecule has 0 saturated carbocycles. The lowest BCUT2D eigenvalue weighted by Crippen LogP contribution is -2.29. The van der Waals surface area contributed by atoms with Crippen LogP contribution in [0.3, 0.4) is 0 Å². The summed E-state index contributed by atoms with van der Waals surface area (Å²) in [6.07, 6.45) is 0. The molecule has 0 radical (unpaired) electrons. The fraction of sp³-hybridized carbons (Fsp3) is 0.125. The van der Waals surface area contributed by atoms with Crippen LogP contribution >= 0.6 is 27.5 Å². The summed E-state index contributed by atoms with van der Waals surface area (Å²) in [7, 11) is 0. The Morgan fingerprint density at radius 3 is 2.50 bits per heavy atom. The molecule has 8 heteroatoms. The van der Waals surface area contributed by atoms with Gasteiger partial charge in [-0.2, -0.15) is 0 Å². The molecule has 200 valence electrons. The van der Waals surface area contributed by atoms with Gasteiger partial charge in [-0.15, -0.1) is 0 Å². The zero-order valence-electron chi connectivity index (χ0n) is 21.4. The Balaban J connectivity index is 1.51. The average molecular weight is 617 g/mol. The summed E-state index contributed by atoms with van der Waals surface area (Å²) in [5.41, 5.74) is 2.55. The van der Waals surface area contributed by atoms with Crippen molar-refractivity contribution >= 4 is 50.1 Å². The minimum atomic E-state index is -0.765. The Morgan fingerprint density at radius 2 is 1.73 bits per heavy atom. The van der Waals surface area contributed by atoms with Gasteiger partial charge < -0.3 is 13.9 Å².